The van der Waals surface area contributed by atoms with Gasteiger partial charge in [0, 0.05) is 20.3 Å². The average Bonchev–Trinajstić information content (AvgIpc) is 2.30. The van der Waals surface area contributed by atoms with Gasteiger partial charge in [0.25, 0.3) is 0 Å². The fourth-order valence-corrected chi connectivity index (χ4v) is 1.33. The third-order valence-corrected chi connectivity index (χ3v) is 2.72. The van der Waals surface area contributed by atoms with E-state index in [1.807, 2.05) is 13.8 Å². The number of aliphatic carboxylic acids is 1. The number of carboxylic acid groups (broad SMARTS) is 1. The van der Waals surface area contributed by atoms with Crippen LogP contribution >= 0.6 is 0 Å². The predicted octanol–water partition coefficient (Wildman–Crippen LogP) is 1.21. The van der Waals surface area contributed by atoms with Crippen LogP contribution in [0.3, 0.4) is 0 Å². The summed E-state index contributed by atoms with van der Waals surface area (Å²) >= 11 is 0. The molecule has 106 valence electrons. The summed E-state index contributed by atoms with van der Waals surface area (Å²) in [5, 5.41) is 13.9. The van der Waals surface area contributed by atoms with E-state index in [9.17, 15) is 9.59 Å². The van der Waals surface area contributed by atoms with Crippen molar-refractivity contribution < 1.29 is 19.4 Å². The topological polar surface area (TPSA) is 87.7 Å². The summed E-state index contributed by atoms with van der Waals surface area (Å²) in [7, 11) is 1.63. The Balaban J connectivity index is 4.05. The molecule has 0 rings (SSSR count). The number of ether oxygens (including phenoxy) is 1. The molecule has 1 atom stereocenters. The van der Waals surface area contributed by atoms with Crippen molar-refractivity contribution in [1.29, 1.82) is 0 Å². The van der Waals surface area contributed by atoms with Crippen molar-refractivity contribution >= 4 is 12.0 Å². The number of carbonyl (C=O) groups is 2. The summed E-state index contributed by atoms with van der Waals surface area (Å²) in [5.41, 5.74) is -0.0850. The maximum Gasteiger partial charge on any atom is 0.326 e. The summed E-state index contributed by atoms with van der Waals surface area (Å²) in [5.74, 6) is -1.02. The number of carboxylic acids is 1. The van der Waals surface area contributed by atoms with E-state index in [1.165, 1.54) is 0 Å². The van der Waals surface area contributed by atoms with Crippen molar-refractivity contribution in [3.8, 4) is 0 Å². The van der Waals surface area contributed by atoms with Crippen LogP contribution in [-0.2, 0) is 9.53 Å². The molecule has 3 N–H and O–H groups in total. The Hall–Kier alpha value is -1.30. The first kappa shape index (κ1) is 16.7. The molecule has 0 aromatic rings. The second-order valence-electron chi connectivity index (χ2n) is 5.03. The minimum atomic E-state index is -1.02. The van der Waals surface area contributed by atoms with Crippen LogP contribution in [0.5, 0.6) is 0 Å². The Labute approximate surface area is 108 Å². The number of amides is 2. The van der Waals surface area contributed by atoms with E-state index >= 15 is 0 Å². The van der Waals surface area contributed by atoms with Gasteiger partial charge in [0.2, 0.25) is 0 Å². The zero-order valence-electron chi connectivity index (χ0n) is 11.6. The molecule has 6 nitrogen and oxygen atoms in total. The molecule has 0 radical (unpaired) electrons. The maximum atomic E-state index is 11.5. The number of nitrogens with one attached hydrogen (secondary N) is 2. The molecule has 18 heavy (non-hydrogen) atoms. The maximum absolute atomic E-state index is 11.5. The lowest BCUT2D eigenvalue weighted by atomic mass is 9.90. The highest BCUT2D eigenvalue weighted by atomic mass is 16.5. The molecule has 0 aliphatic carbocycles. The van der Waals surface area contributed by atoms with Crippen LogP contribution in [0.1, 0.15) is 33.6 Å². The van der Waals surface area contributed by atoms with Gasteiger partial charge in [-0.3, -0.25) is 0 Å². The highest BCUT2D eigenvalue weighted by molar-refractivity contribution is 5.82. The molecule has 0 saturated heterocycles. The molecule has 0 saturated carbocycles. The quantitative estimate of drug-likeness (QED) is 0.612. The summed E-state index contributed by atoms with van der Waals surface area (Å²) in [6, 6.07) is -1.29. The van der Waals surface area contributed by atoms with E-state index in [0.29, 0.717) is 19.6 Å². The number of methoxy groups -OCH3 is 1. The van der Waals surface area contributed by atoms with Gasteiger partial charge in [-0.2, -0.15) is 0 Å². The minimum absolute atomic E-state index is 0.0850. The molecular weight excluding hydrogens is 236 g/mol. The van der Waals surface area contributed by atoms with Crippen molar-refractivity contribution in [2.75, 3.05) is 20.3 Å². The second-order valence-corrected chi connectivity index (χ2v) is 5.03. The first-order valence-corrected chi connectivity index (χ1v) is 6.08. The van der Waals surface area contributed by atoms with Gasteiger partial charge in [0.1, 0.15) is 6.04 Å². The van der Waals surface area contributed by atoms with Gasteiger partial charge in [0.05, 0.1) is 0 Å². The van der Waals surface area contributed by atoms with Crippen molar-refractivity contribution in [2.45, 2.75) is 39.7 Å². The third-order valence-electron chi connectivity index (χ3n) is 2.72. The van der Waals surface area contributed by atoms with E-state index in [-0.39, 0.29) is 5.41 Å². The average molecular weight is 260 g/mol. The van der Waals surface area contributed by atoms with Crippen LogP contribution in [0.25, 0.3) is 0 Å². The minimum Gasteiger partial charge on any atom is -0.480 e. The van der Waals surface area contributed by atoms with Gasteiger partial charge in [0.15, 0.2) is 0 Å². The van der Waals surface area contributed by atoms with Gasteiger partial charge >= 0.3 is 12.0 Å². The highest BCUT2D eigenvalue weighted by Crippen LogP contribution is 2.18. The molecule has 0 spiro atoms. The van der Waals surface area contributed by atoms with Crippen molar-refractivity contribution in [2.24, 2.45) is 5.41 Å². The summed E-state index contributed by atoms with van der Waals surface area (Å²) in [6.07, 6.45) is 1.18. The normalized spacial score (nSPS) is 12.9. The zero-order chi connectivity index (χ0) is 14.2. The molecule has 0 aromatic heterocycles. The van der Waals surface area contributed by atoms with E-state index in [4.69, 9.17) is 9.84 Å². The Morgan fingerprint density at radius 1 is 1.39 bits per heavy atom. The van der Waals surface area contributed by atoms with E-state index in [2.05, 4.69) is 10.6 Å². The lowest BCUT2D eigenvalue weighted by Gasteiger charge is -2.25. The Morgan fingerprint density at radius 2 is 2.00 bits per heavy atom. The van der Waals surface area contributed by atoms with Crippen LogP contribution in [0.4, 0.5) is 4.79 Å². The fraction of sp³-hybridized carbons (Fsp3) is 0.833. The van der Waals surface area contributed by atoms with Crippen molar-refractivity contribution in [3.63, 3.8) is 0 Å². The van der Waals surface area contributed by atoms with E-state index in [0.717, 1.165) is 6.42 Å². The number of rotatable bonds is 8. The Kier molecular flexibility index (Phi) is 7.35. The molecule has 1 unspecified atom stereocenters. The van der Waals surface area contributed by atoms with Crippen LogP contribution in [-0.4, -0.2) is 43.4 Å². The fourth-order valence-electron chi connectivity index (χ4n) is 1.33. The predicted molar refractivity (Wildman–Crippen MR) is 68.5 cm³/mol. The first-order valence-electron chi connectivity index (χ1n) is 6.08. The monoisotopic (exact) mass is 260 g/mol. The number of hydrogen-bond donors (Lipinski definition) is 3. The molecular formula is C12H24N2O4. The molecule has 0 aliphatic rings. The highest BCUT2D eigenvalue weighted by Gasteiger charge is 2.21. The van der Waals surface area contributed by atoms with Crippen molar-refractivity contribution in [1.82, 2.24) is 10.6 Å². The Morgan fingerprint density at radius 3 is 2.44 bits per heavy atom. The smallest absolute Gasteiger partial charge is 0.326 e. The van der Waals surface area contributed by atoms with Gasteiger partial charge < -0.3 is 20.5 Å². The SMILES string of the molecule is CCC(NC(=O)NCC(C)(C)CCOC)C(=O)O. The van der Waals surface area contributed by atoms with E-state index < -0.39 is 18.0 Å². The molecule has 0 heterocycles. The Bertz CT molecular complexity index is 279. The number of carbonyl (C=O) groups excluding carboxylic acids is 1. The van der Waals surface area contributed by atoms with Gasteiger partial charge in [-0.1, -0.05) is 20.8 Å². The summed E-state index contributed by atoms with van der Waals surface area (Å²) < 4.78 is 4.99. The molecule has 0 fully saturated rings. The molecule has 0 bridgehead atoms. The molecule has 2 amide bonds. The first-order chi connectivity index (χ1) is 8.32. The van der Waals surface area contributed by atoms with Crippen LogP contribution in [0, 0.1) is 5.41 Å². The van der Waals surface area contributed by atoms with Crippen LogP contribution in [0.15, 0.2) is 0 Å². The number of urea groups is 1. The largest absolute Gasteiger partial charge is 0.480 e. The standard InChI is InChI=1S/C12H24N2O4/c1-5-9(10(15)16)14-11(17)13-8-12(2,3)6-7-18-4/h9H,5-8H2,1-4H3,(H,15,16)(H2,13,14,17). The van der Waals surface area contributed by atoms with E-state index in [1.54, 1.807) is 14.0 Å². The number of hydrogen-bond acceptors (Lipinski definition) is 3. The zero-order valence-corrected chi connectivity index (χ0v) is 11.6. The molecule has 0 aliphatic heterocycles. The van der Waals surface area contributed by atoms with Gasteiger partial charge in [-0.15, -0.1) is 0 Å². The molecule has 6 heteroatoms. The molecule has 0 aromatic carbocycles. The third kappa shape index (κ3) is 7.11. The lowest BCUT2D eigenvalue weighted by molar-refractivity contribution is -0.139. The van der Waals surface area contributed by atoms with Crippen molar-refractivity contribution in [3.05, 3.63) is 0 Å². The summed E-state index contributed by atoms with van der Waals surface area (Å²) in [6.45, 7) is 6.84. The summed E-state index contributed by atoms with van der Waals surface area (Å²) in [4.78, 5) is 22.3. The van der Waals surface area contributed by atoms with Gasteiger partial charge in [-0.25, -0.2) is 9.59 Å². The van der Waals surface area contributed by atoms with Gasteiger partial charge in [-0.05, 0) is 18.3 Å². The second kappa shape index (κ2) is 7.92. The van der Waals surface area contributed by atoms with Crippen LogP contribution in [0.2, 0.25) is 0 Å². The lowest BCUT2D eigenvalue weighted by Crippen LogP contribution is -2.47. The van der Waals surface area contributed by atoms with Crippen LogP contribution < -0.4 is 10.6 Å².